The summed E-state index contributed by atoms with van der Waals surface area (Å²) in [6.45, 7) is 0. The second-order valence-electron chi connectivity index (χ2n) is 3.59. The number of halogens is 3. The number of anilines is 1. The number of rotatable bonds is 2. The van der Waals surface area contributed by atoms with Gasteiger partial charge in [-0.05, 0) is 58.4 Å². The van der Waals surface area contributed by atoms with Crippen LogP contribution in [0, 0.1) is 5.82 Å². The van der Waals surface area contributed by atoms with Gasteiger partial charge in [-0.25, -0.2) is 4.39 Å². The molecule has 0 aliphatic rings. The van der Waals surface area contributed by atoms with Crippen LogP contribution in [-0.4, -0.2) is 5.91 Å². The van der Waals surface area contributed by atoms with Crippen LogP contribution < -0.4 is 5.32 Å². The van der Waals surface area contributed by atoms with E-state index in [1.807, 2.05) is 0 Å². The van der Waals surface area contributed by atoms with E-state index in [1.54, 1.807) is 24.3 Å². The molecule has 0 saturated heterocycles. The number of amides is 1. The van der Waals surface area contributed by atoms with Crippen molar-refractivity contribution in [1.29, 1.82) is 0 Å². The van der Waals surface area contributed by atoms with Gasteiger partial charge in [-0.3, -0.25) is 4.79 Å². The second kappa shape index (κ2) is 5.50. The van der Waals surface area contributed by atoms with Crippen LogP contribution in [0.15, 0.2) is 46.9 Å². The summed E-state index contributed by atoms with van der Waals surface area (Å²) in [6, 6.07) is 10.6. The molecule has 92 valence electrons. The highest BCUT2D eigenvalue weighted by molar-refractivity contribution is 9.10. The molecule has 0 heterocycles. The maximum Gasteiger partial charge on any atom is 0.256 e. The molecular formula is C13H8BrClFNO. The van der Waals surface area contributed by atoms with E-state index in [2.05, 4.69) is 21.2 Å². The van der Waals surface area contributed by atoms with Crippen molar-refractivity contribution < 1.29 is 9.18 Å². The van der Waals surface area contributed by atoms with E-state index in [1.165, 1.54) is 18.2 Å². The molecule has 0 bridgehead atoms. The number of hydrogen-bond acceptors (Lipinski definition) is 1. The van der Waals surface area contributed by atoms with Gasteiger partial charge in [0, 0.05) is 15.2 Å². The van der Waals surface area contributed by atoms with Crippen molar-refractivity contribution in [2.75, 3.05) is 5.32 Å². The Morgan fingerprint density at radius 1 is 1.17 bits per heavy atom. The number of benzene rings is 2. The average Bonchev–Trinajstić information content (AvgIpc) is 2.32. The summed E-state index contributed by atoms with van der Waals surface area (Å²) in [5.41, 5.74) is 0.993. The molecule has 0 aliphatic carbocycles. The molecule has 0 saturated carbocycles. The highest BCUT2D eigenvalue weighted by Gasteiger charge is 2.10. The summed E-state index contributed by atoms with van der Waals surface area (Å²) in [6.07, 6.45) is 0. The number of carbonyl (C=O) groups excluding carboxylic acids is 1. The Bertz CT molecular complexity index is 586. The highest BCUT2D eigenvalue weighted by atomic mass is 79.9. The summed E-state index contributed by atoms with van der Waals surface area (Å²) >= 11 is 8.90. The fourth-order valence-electron chi connectivity index (χ4n) is 1.41. The first-order valence-electron chi connectivity index (χ1n) is 5.08. The molecule has 0 aliphatic heterocycles. The third-order valence-corrected chi connectivity index (χ3v) is 3.19. The quantitative estimate of drug-likeness (QED) is 0.864. The molecular weight excluding hydrogens is 321 g/mol. The molecule has 0 unspecified atom stereocenters. The van der Waals surface area contributed by atoms with E-state index < -0.39 is 5.82 Å². The molecule has 2 aromatic carbocycles. The Morgan fingerprint density at radius 3 is 2.44 bits per heavy atom. The molecule has 1 N–H and O–H groups in total. The molecule has 2 nitrogen and oxygen atoms in total. The molecule has 0 radical (unpaired) electrons. The van der Waals surface area contributed by atoms with Crippen molar-refractivity contribution in [3.8, 4) is 0 Å². The predicted octanol–water partition coefficient (Wildman–Crippen LogP) is 4.49. The summed E-state index contributed by atoms with van der Waals surface area (Å²) in [5, 5.41) is 3.29. The standard InChI is InChI=1S/C13H8BrClFNO/c14-12-7-9(16)3-6-11(12)13(18)17-10-4-1-8(15)2-5-10/h1-7H,(H,17,18). The van der Waals surface area contributed by atoms with E-state index >= 15 is 0 Å². The highest BCUT2D eigenvalue weighted by Crippen LogP contribution is 2.20. The third kappa shape index (κ3) is 3.09. The van der Waals surface area contributed by atoms with Crippen LogP contribution in [0.1, 0.15) is 10.4 Å². The van der Waals surface area contributed by atoms with Gasteiger partial charge in [-0.1, -0.05) is 11.6 Å². The Balaban J connectivity index is 2.19. The lowest BCUT2D eigenvalue weighted by Crippen LogP contribution is -2.12. The summed E-state index contributed by atoms with van der Waals surface area (Å²) < 4.78 is 13.3. The SMILES string of the molecule is O=C(Nc1ccc(Cl)cc1)c1ccc(F)cc1Br. The summed E-state index contributed by atoms with van der Waals surface area (Å²) in [4.78, 5) is 11.9. The first-order valence-corrected chi connectivity index (χ1v) is 6.25. The zero-order chi connectivity index (χ0) is 13.1. The predicted molar refractivity (Wildman–Crippen MR) is 73.5 cm³/mol. The van der Waals surface area contributed by atoms with E-state index in [4.69, 9.17) is 11.6 Å². The molecule has 0 fully saturated rings. The van der Waals surface area contributed by atoms with Crippen LogP contribution in [-0.2, 0) is 0 Å². The van der Waals surface area contributed by atoms with Gasteiger partial charge in [0.15, 0.2) is 0 Å². The first kappa shape index (κ1) is 13.1. The van der Waals surface area contributed by atoms with Gasteiger partial charge >= 0.3 is 0 Å². The summed E-state index contributed by atoms with van der Waals surface area (Å²) in [7, 11) is 0. The zero-order valence-corrected chi connectivity index (χ0v) is 11.4. The lowest BCUT2D eigenvalue weighted by molar-refractivity contribution is 0.102. The largest absolute Gasteiger partial charge is 0.322 e. The molecule has 5 heteroatoms. The Morgan fingerprint density at radius 2 is 1.83 bits per heavy atom. The number of nitrogens with one attached hydrogen (secondary N) is 1. The number of hydrogen-bond donors (Lipinski definition) is 1. The molecule has 0 atom stereocenters. The van der Waals surface area contributed by atoms with Gasteiger partial charge in [-0.2, -0.15) is 0 Å². The van der Waals surface area contributed by atoms with Crippen LogP contribution in [0.3, 0.4) is 0 Å². The van der Waals surface area contributed by atoms with Crippen molar-refractivity contribution in [3.05, 3.63) is 63.3 Å². The monoisotopic (exact) mass is 327 g/mol. The second-order valence-corrected chi connectivity index (χ2v) is 4.88. The maximum absolute atomic E-state index is 12.9. The van der Waals surface area contributed by atoms with Gasteiger partial charge in [0.25, 0.3) is 5.91 Å². The van der Waals surface area contributed by atoms with E-state index in [0.29, 0.717) is 20.7 Å². The van der Waals surface area contributed by atoms with Crippen LogP contribution in [0.25, 0.3) is 0 Å². The normalized spacial score (nSPS) is 10.2. The van der Waals surface area contributed by atoms with Gasteiger partial charge in [0.2, 0.25) is 0 Å². The molecule has 0 aromatic heterocycles. The Hall–Kier alpha value is -1.39. The van der Waals surface area contributed by atoms with Gasteiger partial charge in [0.05, 0.1) is 5.56 Å². The lowest BCUT2D eigenvalue weighted by Gasteiger charge is -2.07. The van der Waals surface area contributed by atoms with Crippen LogP contribution in [0.2, 0.25) is 5.02 Å². The molecule has 2 rings (SSSR count). The fraction of sp³-hybridized carbons (Fsp3) is 0. The fourth-order valence-corrected chi connectivity index (χ4v) is 2.06. The van der Waals surface area contributed by atoms with Crippen molar-refractivity contribution in [1.82, 2.24) is 0 Å². The lowest BCUT2D eigenvalue weighted by atomic mass is 10.2. The van der Waals surface area contributed by atoms with Crippen molar-refractivity contribution in [2.45, 2.75) is 0 Å². The summed E-state index contributed by atoms with van der Waals surface area (Å²) in [5.74, 6) is -0.714. The minimum absolute atomic E-state index is 0.316. The zero-order valence-electron chi connectivity index (χ0n) is 9.08. The van der Waals surface area contributed by atoms with Crippen LogP contribution in [0.4, 0.5) is 10.1 Å². The molecule has 0 spiro atoms. The van der Waals surface area contributed by atoms with E-state index in [9.17, 15) is 9.18 Å². The van der Waals surface area contributed by atoms with Gasteiger partial charge in [-0.15, -0.1) is 0 Å². The van der Waals surface area contributed by atoms with Crippen molar-refractivity contribution in [2.24, 2.45) is 0 Å². The average molecular weight is 329 g/mol. The maximum atomic E-state index is 12.9. The minimum Gasteiger partial charge on any atom is -0.322 e. The molecule has 18 heavy (non-hydrogen) atoms. The van der Waals surface area contributed by atoms with Crippen LogP contribution in [0.5, 0.6) is 0 Å². The molecule has 2 aromatic rings. The van der Waals surface area contributed by atoms with Crippen molar-refractivity contribution >= 4 is 39.1 Å². The number of carbonyl (C=O) groups is 1. The third-order valence-electron chi connectivity index (χ3n) is 2.28. The van der Waals surface area contributed by atoms with Gasteiger partial charge in [0.1, 0.15) is 5.82 Å². The van der Waals surface area contributed by atoms with Crippen molar-refractivity contribution in [3.63, 3.8) is 0 Å². The first-order chi connectivity index (χ1) is 8.56. The Labute approximate surface area is 117 Å². The minimum atomic E-state index is -0.398. The Kier molecular flexibility index (Phi) is 3.99. The topological polar surface area (TPSA) is 29.1 Å². The van der Waals surface area contributed by atoms with E-state index in [0.717, 1.165) is 0 Å². The van der Waals surface area contributed by atoms with Crippen LogP contribution >= 0.6 is 27.5 Å². The van der Waals surface area contributed by atoms with E-state index in [-0.39, 0.29) is 5.91 Å². The molecule has 1 amide bonds. The van der Waals surface area contributed by atoms with Gasteiger partial charge < -0.3 is 5.32 Å². The smallest absolute Gasteiger partial charge is 0.256 e.